The molecule has 0 saturated carbocycles. The summed E-state index contributed by atoms with van der Waals surface area (Å²) >= 11 is 0. The second kappa shape index (κ2) is 10.8. The van der Waals surface area contributed by atoms with Gasteiger partial charge in [-0.25, -0.2) is 4.79 Å². The van der Waals surface area contributed by atoms with Crippen molar-refractivity contribution in [1.82, 2.24) is 4.90 Å². The van der Waals surface area contributed by atoms with Gasteiger partial charge in [-0.2, -0.15) is 13.2 Å². The van der Waals surface area contributed by atoms with Gasteiger partial charge in [0.15, 0.2) is 0 Å². The molecule has 0 fully saturated rings. The minimum Gasteiger partial charge on any atom is -0.456 e. The van der Waals surface area contributed by atoms with Crippen molar-refractivity contribution < 1.29 is 32.2 Å². The van der Waals surface area contributed by atoms with Gasteiger partial charge in [0, 0.05) is 39.5 Å². The topological polar surface area (TPSA) is 62.3 Å². The number of carbonyl (C=O) groups excluding carboxylic acids is 2. The van der Waals surface area contributed by atoms with Crippen LogP contribution in [0.25, 0.3) is 0 Å². The van der Waals surface area contributed by atoms with E-state index in [4.69, 9.17) is 9.47 Å². The molecule has 0 N–H and O–H groups in total. The van der Waals surface area contributed by atoms with E-state index in [-0.39, 0.29) is 24.4 Å². The van der Waals surface area contributed by atoms with Gasteiger partial charge < -0.3 is 24.2 Å². The summed E-state index contributed by atoms with van der Waals surface area (Å²) in [6.07, 6.45) is -5.12. The highest BCUT2D eigenvalue weighted by Crippen LogP contribution is 2.31. The van der Waals surface area contributed by atoms with E-state index in [0.717, 1.165) is 0 Å². The molecular formula is C21H32F3N3O4. The van der Waals surface area contributed by atoms with Crippen LogP contribution in [0.5, 0.6) is 0 Å². The van der Waals surface area contributed by atoms with E-state index in [1.807, 2.05) is 23.9 Å². The highest BCUT2D eigenvalue weighted by Gasteiger charge is 2.44. The standard InChI is InChI=1S/C21H32F3N3O4/c1-20(2,3)31-18(28)16-9-8-15(26(6)11-10-25(4)5)14-17(16)27(12-13-30-7)19(29)21(22,23)24/h8-9,14H,10-13H2,1-7H3. The van der Waals surface area contributed by atoms with Gasteiger partial charge >= 0.3 is 18.1 Å². The molecule has 0 unspecified atom stereocenters. The van der Waals surface area contributed by atoms with E-state index in [1.54, 1.807) is 33.9 Å². The molecule has 1 amide bonds. The molecule has 1 aromatic carbocycles. The van der Waals surface area contributed by atoms with Gasteiger partial charge in [-0.05, 0) is 53.1 Å². The number of rotatable bonds is 9. The first-order chi connectivity index (χ1) is 14.2. The lowest BCUT2D eigenvalue weighted by molar-refractivity contribution is -0.170. The molecule has 1 rings (SSSR count). The molecule has 0 aliphatic heterocycles. The van der Waals surface area contributed by atoms with Gasteiger partial charge in [-0.3, -0.25) is 4.79 Å². The Hall–Kier alpha value is -2.33. The molecule has 0 atom stereocenters. The molecule has 31 heavy (non-hydrogen) atoms. The lowest BCUT2D eigenvalue weighted by Gasteiger charge is -2.29. The molecule has 10 heteroatoms. The third-order valence-electron chi connectivity index (χ3n) is 4.22. The maximum absolute atomic E-state index is 13.3. The van der Waals surface area contributed by atoms with Crippen molar-refractivity contribution >= 4 is 23.3 Å². The summed E-state index contributed by atoms with van der Waals surface area (Å²) in [5.74, 6) is -2.90. The Balaban J connectivity index is 3.53. The summed E-state index contributed by atoms with van der Waals surface area (Å²) in [4.78, 5) is 29.2. The van der Waals surface area contributed by atoms with Gasteiger partial charge in [0.25, 0.3) is 0 Å². The molecule has 0 saturated heterocycles. The predicted molar refractivity (Wildman–Crippen MR) is 114 cm³/mol. The summed E-state index contributed by atoms with van der Waals surface area (Å²) in [5.41, 5.74) is -0.612. The molecule has 0 heterocycles. The normalized spacial score (nSPS) is 12.1. The lowest BCUT2D eigenvalue weighted by atomic mass is 10.1. The second-order valence-electron chi connectivity index (χ2n) is 8.38. The first kappa shape index (κ1) is 26.7. The van der Waals surface area contributed by atoms with Crippen LogP contribution in [0.3, 0.4) is 0 Å². The molecule has 0 radical (unpaired) electrons. The van der Waals surface area contributed by atoms with Gasteiger partial charge in [0.05, 0.1) is 17.9 Å². The largest absolute Gasteiger partial charge is 0.471 e. The zero-order valence-corrected chi connectivity index (χ0v) is 19.2. The van der Waals surface area contributed by atoms with Crippen LogP contribution in [0, 0.1) is 0 Å². The Morgan fingerprint density at radius 1 is 1.00 bits per heavy atom. The minimum atomic E-state index is -5.12. The van der Waals surface area contributed by atoms with E-state index in [1.165, 1.54) is 19.2 Å². The fourth-order valence-corrected chi connectivity index (χ4v) is 2.63. The third kappa shape index (κ3) is 8.37. The summed E-state index contributed by atoms with van der Waals surface area (Å²) in [6.45, 7) is 5.72. The van der Waals surface area contributed by atoms with Crippen molar-refractivity contribution in [2.75, 3.05) is 64.3 Å². The van der Waals surface area contributed by atoms with Crippen molar-refractivity contribution in [3.8, 4) is 0 Å². The Bertz CT molecular complexity index is 761. The molecule has 0 spiro atoms. The number of amides is 1. The number of benzene rings is 1. The van der Waals surface area contributed by atoms with Crippen LogP contribution in [0.1, 0.15) is 31.1 Å². The van der Waals surface area contributed by atoms with Crippen LogP contribution in [0.4, 0.5) is 24.5 Å². The summed E-state index contributed by atoms with van der Waals surface area (Å²) in [6, 6.07) is 4.40. The molecule has 176 valence electrons. The van der Waals surface area contributed by atoms with Crippen molar-refractivity contribution in [2.24, 2.45) is 0 Å². The van der Waals surface area contributed by atoms with E-state index < -0.39 is 23.7 Å². The summed E-state index contributed by atoms with van der Waals surface area (Å²) in [7, 11) is 6.90. The van der Waals surface area contributed by atoms with Gasteiger partial charge in [0.2, 0.25) is 0 Å². The Morgan fingerprint density at radius 3 is 2.10 bits per heavy atom. The van der Waals surface area contributed by atoms with Crippen molar-refractivity contribution in [1.29, 1.82) is 0 Å². The number of carbonyl (C=O) groups is 2. The van der Waals surface area contributed by atoms with Crippen LogP contribution in [-0.4, -0.2) is 83.0 Å². The SMILES string of the molecule is COCCN(C(=O)C(F)(F)F)c1cc(N(C)CCN(C)C)ccc1C(=O)OC(C)(C)C. The number of likely N-dealkylation sites (N-methyl/N-ethyl adjacent to an activating group) is 2. The predicted octanol–water partition coefficient (Wildman–Crippen LogP) is 3.18. The zero-order chi connectivity index (χ0) is 24.0. The van der Waals surface area contributed by atoms with Crippen LogP contribution in [-0.2, 0) is 14.3 Å². The first-order valence-electron chi connectivity index (χ1n) is 9.78. The van der Waals surface area contributed by atoms with Crippen LogP contribution < -0.4 is 9.80 Å². The number of methoxy groups -OCH3 is 1. The molecular weight excluding hydrogens is 415 g/mol. The minimum absolute atomic E-state index is 0.131. The average molecular weight is 447 g/mol. The Labute approximate surface area is 181 Å². The maximum atomic E-state index is 13.3. The third-order valence-corrected chi connectivity index (χ3v) is 4.22. The molecule has 1 aromatic rings. The van der Waals surface area contributed by atoms with Gasteiger partial charge in [0.1, 0.15) is 5.60 Å². The lowest BCUT2D eigenvalue weighted by Crippen LogP contribution is -2.44. The molecule has 0 aliphatic rings. The number of alkyl halides is 3. The quantitative estimate of drug-likeness (QED) is 0.542. The number of anilines is 2. The fraction of sp³-hybridized carbons (Fsp3) is 0.619. The van der Waals surface area contributed by atoms with Crippen LogP contribution >= 0.6 is 0 Å². The Kier molecular flexibility index (Phi) is 9.31. The average Bonchev–Trinajstić information content (AvgIpc) is 2.63. The second-order valence-corrected chi connectivity index (χ2v) is 8.38. The van der Waals surface area contributed by atoms with E-state index in [0.29, 0.717) is 23.7 Å². The van der Waals surface area contributed by atoms with Crippen molar-refractivity contribution in [3.63, 3.8) is 0 Å². The number of hydrogen-bond donors (Lipinski definition) is 0. The van der Waals surface area contributed by atoms with Gasteiger partial charge in [-0.1, -0.05) is 0 Å². The maximum Gasteiger partial charge on any atom is 0.471 e. The number of nitrogens with zero attached hydrogens (tertiary/aromatic N) is 3. The molecule has 0 aliphatic carbocycles. The monoisotopic (exact) mass is 447 g/mol. The van der Waals surface area contributed by atoms with E-state index in [2.05, 4.69) is 0 Å². The highest BCUT2D eigenvalue weighted by atomic mass is 19.4. The molecule has 0 aromatic heterocycles. The number of esters is 1. The summed E-state index contributed by atoms with van der Waals surface area (Å²) in [5, 5.41) is 0. The smallest absolute Gasteiger partial charge is 0.456 e. The van der Waals surface area contributed by atoms with Crippen LogP contribution in [0.2, 0.25) is 0 Å². The molecule has 7 nitrogen and oxygen atoms in total. The number of halogens is 3. The van der Waals surface area contributed by atoms with Crippen molar-refractivity contribution in [2.45, 2.75) is 32.5 Å². The molecule has 0 bridgehead atoms. The van der Waals surface area contributed by atoms with Crippen molar-refractivity contribution in [3.05, 3.63) is 23.8 Å². The number of ether oxygens (including phenoxy) is 2. The van der Waals surface area contributed by atoms with Gasteiger partial charge in [-0.15, -0.1) is 0 Å². The van der Waals surface area contributed by atoms with Crippen LogP contribution in [0.15, 0.2) is 18.2 Å². The van der Waals surface area contributed by atoms with E-state index >= 15 is 0 Å². The fourth-order valence-electron chi connectivity index (χ4n) is 2.63. The summed E-state index contributed by atoms with van der Waals surface area (Å²) < 4.78 is 50.2. The Morgan fingerprint density at radius 2 is 1.61 bits per heavy atom. The first-order valence-corrected chi connectivity index (χ1v) is 9.78. The zero-order valence-electron chi connectivity index (χ0n) is 19.2. The van der Waals surface area contributed by atoms with E-state index in [9.17, 15) is 22.8 Å². The number of hydrogen-bond acceptors (Lipinski definition) is 6. The highest BCUT2D eigenvalue weighted by molar-refractivity contribution is 6.05.